The van der Waals surface area contributed by atoms with Crippen LogP contribution in [0.2, 0.25) is 0 Å². The number of rotatable bonds is 8. The van der Waals surface area contributed by atoms with Gasteiger partial charge in [-0.2, -0.15) is 0 Å². The Kier molecular flexibility index (Phi) is 6.83. The van der Waals surface area contributed by atoms with E-state index in [4.69, 9.17) is 0 Å². The van der Waals surface area contributed by atoms with Crippen LogP contribution in [0.3, 0.4) is 0 Å². The number of benzene rings is 2. The van der Waals surface area contributed by atoms with Gasteiger partial charge >= 0.3 is 0 Å². The van der Waals surface area contributed by atoms with Crippen molar-refractivity contribution in [3.63, 3.8) is 0 Å². The highest BCUT2D eigenvalue weighted by atomic mass is 16.2. The zero-order chi connectivity index (χ0) is 25.3. The molecule has 0 bridgehead atoms. The summed E-state index contributed by atoms with van der Waals surface area (Å²) >= 11 is 0. The molecule has 2 heterocycles. The second-order valence-corrected chi connectivity index (χ2v) is 8.68. The van der Waals surface area contributed by atoms with Gasteiger partial charge in [-0.05, 0) is 77.6 Å². The molecular formula is C29H30N2O4. The second-order valence-electron chi connectivity index (χ2n) is 8.68. The number of carbonyl (C=O) groups excluding carboxylic acids is 4. The molecule has 180 valence electrons. The first-order chi connectivity index (χ1) is 16.9. The maximum absolute atomic E-state index is 12.3. The molecule has 6 heteroatoms. The second kappa shape index (κ2) is 9.82. The largest absolute Gasteiger partial charge is 0.269 e. The Balaban J connectivity index is 1.77. The molecule has 0 atom stereocenters. The lowest BCUT2D eigenvalue weighted by Gasteiger charge is -2.24. The summed E-state index contributed by atoms with van der Waals surface area (Å²) in [4.78, 5) is 51.8. The summed E-state index contributed by atoms with van der Waals surface area (Å²) in [6.45, 7) is 8.26. The first kappa shape index (κ1) is 24.3. The van der Waals surface area contributed by atoms with Crippen LogP contribution in [0, 0.1) is 0 Å². The lowest BCUT2D eigenvalue weighted by atomic mass is 9.87. The number of hydrogen-bond donors (Lipinski definition) is 0. The van der Waals surface area contributed by atoms with Crippen molar-refractivity contribution in [1.82, 2.24) is 0 Å². The molecule has 2 aliphatic heterocycles. The van der Waals surface area contributed by atoms with Crippen LogP contribution < -0.4 is 9.80 Å². The summed E-state index contributed by atoms with van der Waals surface area (Å²) in [5.41, 5.74) is 7.95. The standard InChI is InChI=1S/C29H30N2O4/c1-5-20-18(9-11-24(22(20)7-3)30-26(32)13-14-27(30)33)17-19-10-12-25(23(8-4)21(19)6-2)31-28(34)15-16-29(31)35/h9-16H,5-8,17H2,1-4H3. The quantitative estimate of drug-likeness (QED) is 0.537. The number of nitrogens with zero attached hydrogens (tertiary/aromatic N) is 2. The Morgan fingerprint density at radius 2 is 0.800 bits per heavy atom. The van der Waals surface area contributed by atoms with Gasteiger partial charge < -0.3 is 0 Å². The average Bonchev–Trinajstić information content (AvgIpc) is 3.37. The minimum atomic E-state index is -0.309. The number of imide groups is 2. The highest BCUT2D eigenvalue weighted by molar-refractivity contribution is 6.29. The van der Waals surface area contributed by atoms with Gasteiger partial charge in [0.25, 0.3) is 23.6 Å². The zero-order valence-corrected chi connectivity index (χ0v) is 20.7. The van der Waals surface area contributed by atoms with Gasteiger partial charge in [0.05, 0.1) is 11.4 Å². The number of amides is 4. The molecule has 0 radical (unpaired) electrons. The number of carbonyl (C=O) groups is 4. The zero-order valence-electron chi connectivity index (χ0n) is 20.7. The number of hydrogen-bond acceptors (Lipinski definition) is 4. The molecule has 0 saturated carbocycles. The van der Waals surface area contributed by atoms with E-state index in [1.165, 1.54) is 34.1 Å². The topological polar surface area (TPSA) is 74.8 Å². The lowest BCUT2D eigenvalue weighted by Crippen LogP contribution is -2.31. The van der Waals surface area contributed by atoms with Crippen LogP contribution in [0.4, 0.5) is 11.4 Å². The minimum Gasteiger partial charge on any atom is -0.269 e. The molecule has 2 aliphatic rings. The maximum Gasteiger partial charge on any atom is 0.258 e. The minimum absolute atomic E-state index is 0.309. The van der Waals surface area contributed by atoms with Crippen LogP contribution in [0.25, 0.3) is 0 Å². The fourth-order valence-corrected chi connectivity index (χ4v) is 5.36. The molecule has 2 aromatic rings. The summed E-state index contributed by atoms with van der Waals surface area (Å²) < 4.78 is 0. The van der Waals surface area contributed by atoms with E-state index in [-0.39, 0.29) is 23.6 Å². The molecule has 6 nitrogen and oxygen atoms in total. The lowest BCUT2D eigenvalue weighted by molar-refractivity contribution is -0.121. The third-order valence-electron chi connectivity index (χ3n) is 6.90. The Morgan fingerprint density at radius 3 is 1.09 bits per heavy atom. The Labute approximate surface area is 205 Å². The van der Waals surface area contributed by atoms with E-state index in [0.29, 0.717) is 30.6 Å². The number of anilines is 2. The SMILES string of the molecule is CCc1c(Cc2ccc(N3C(=O)C=CC3=O)c(CC)c2CC)ccc(N2C(=O)C=CC2=O)c1CC. The molecule has 35 heavy (non-hydrogen) atoms. The third kappa shape index (κ3) is 4.14. The van der Waals surface area contributed by atoms with Crippen molar-refractivity contribution in [2.75, 3.05) is 9.80 Å². The Bertz CT molecular complexity index is 1170. The van der Waals surface area contributed by atoms with Gasteiger partial charge in [0.1, 0.15) is 0 Å². The van der Waals surface area contributed by atoms with Gasteiger partial charge in [0.15, 0.2) is 0 Å². The van der Waals surface area contributed by atoms with Gasteiger partial charge in [-0.1, -0.05) is 39.8 Å². The molecule has 0 aromatic heterocycles. The van der Waals surface area contributed by atoms with Gasteiger partial charge in [-0.15, -0.1) is 0 Å². The van der Waals surface area contributed by atoms with Crippen molar-refractivity contribution in [2.45, 2.75) is 59.8 Å². The summed E-state index contributed by atoms with van der Waals surface area (Å²) in [5.74, 6) is -1.24. The van der Waals surface area contributed by atoms with Crippen LogP contribution >= 0.6 is 0 Å². The van der Waals surface area contributed by atoms with Crippen LogP contribution in [0.5, 0.6) is 0 Å². The van der Waals surface area contributed by atoms with Crippen LogP contribution in [0.1, 0.15) is 61.1 Å². The predicted molar refractivity (Wildman–Crippen MR) is 136 cm³/mol. The molecule has 0 N–H and O–H groups in total. The van der Waals surface area contributed by atoms with Crippen LogP contribution in [-0.2, 0) is 51.3 Å². The van der Waals surface area contributed by atoms with E-state index >= 15 is 0 Å². The smallest absolute Gasteiger partial charge is 0.258 e. The molecular weight excluding hydrogens is 440 g/mol. The van der Waals surface area contributed by atoms with Crippen molar-refractivity contribution < 1.29 is 19.2 Å². The molecule has 0 aliphatic carbocycles. The summed E-state index contributed by atoms with van der Waals surface area (Å²) in [6, 6.07) is 7.79. The maximum atomic E-state index is 12.3. The van der Waals surface area contributed by atoms with Crippen molar-refractivity contribution in [3.8, 4) is 0 Å². The molecule has 0 unspecified atom stereocenters. The van der Waals surface area contributed by atoms with Crippen molar-refractivity contribution in [2.24, 2.45) is 0 Å². The van der Waals surface area contributed by atoms with E-state index in [0.717, 1.165) is 46.2 Å². The van der Waals surface area contributed by atoms with E-state index in [9.17, 15) is 19.2 Å². The van der Waals surface area contributed by atoms with Crippen LogP contribution in [-0.4, -0.2) is 23.6 Å². The van der Waals surface area contributed by atoms with E-state index < -0.39 is 0 Å². The third-order valence-corrected chi connectivity index (χ3v) is 6.90. The average molecular weight is 471 g/mol. The van der Waals surface area contributed by atoms with Gasteiger partial charge in [-0.25, -0.2) is 9.80 Å². The van der Waals surface area contributed by atoms with Crippen molar-refractivity contribution >= 4 is 35.0 Å². The van der Waals surface area contributed by atoms with E-state index in [2.05, 4.69) is 13.8 Å². The fourth-order valence-electron chi connectivity index (χ4n) is 5.36. The molecule has 0 spiro atoms. The first-order valence-corrected chi connectivity index (χ1v) is 12.3. The summed E-state index contributed by atoms with van der Waals surface area (Å²) in [6.07, 6.45) is 8.90. The summed E-state index contributed by atoms with van der Waals surface area (Å²) in [7, 11) is 0. The molecule has 0 saturated heterocycles. The molecule has 2 aromatic carbocycles. The summed E-state index contributed by atoms with van der Waals surface area (Å²) in [5, 5.41) is 0. The molecule has 4 rings (SSSR count). The predicted octanol–water partition coefficient (Wildman–Crippen LogP) is 4.39. The monoisotopic (exact) mass is 470 g/mol. The van der Waals surface area contributed by atoms with Crippen molar-refractivity contribution in [1.29, 1.82) is 0 Å². The first-order valence-electron chi connectivity index (χ1n) is 12.3. The van der Waals surface area contributed by atoms with Crippen LogP contribution in [0.15, 0.2) is 48.6 Å². The molecule has 0 fully saturated rings. The highest BCUT2D eigenvalue weighted by Crippen LogP contribution is 2.34. The fraction of sp³-hybridized carbons (Fsp3) is 0.310. The Morgan fingerprint density at radius 1 is 0.486 bits per heavy atom. The Hall–Kier alpha value is -3.80. The normalized spacial score (nSPS) is 15.3. The van der Waals surface area contributed by atoms with Gasteiger partial charge in [0.2, 0.25) is 0 Å². The molecule has 4 amide bonds. The highest BCUT2D eigenvalue weighted by Gasteiger charge is 2.30. The van der Waals surface area contributed by atoms with E-state index in [1.54, 1.807) is 0 Å². The van der Waals surface area contributed by atoms with Crippen molar-refractivity contribution in [3.05, 3.63) is 82.0 Å². The van der Waals surface area contributed by atoms with E-state index in [1.807, 2.05) is 38.1 Å². The van der Waals surface area contributed by atoms with Gasteiger partial charge in [0, 0.05) is 24.3 Å². The van der Waals surface area contributed by atoms with Gasteiger partial charge in [-0.3, -0.25) is 19.2 Å².